The van der Waals surface area contributed by atoms with E-state index in [4.69, 9.17) is 9.15 Å². The molecular weight excluding hydrogens is 458 g/mol. The highest BCUT2D eigenvalue weighted by Crippen LogP contribution is 2.42. The molecule has 1 unspecified atom stereocenters. The summed E-state index contributed by atoms with van der Waals surface area (Å²) in [5, 5.41) is 10.7. The van der Waals surface area contributed by atoms with Gasteiger partial charge in [0, 0.05) is 12.3 Å². The molecule has 1 aliphatic carbocycles. The summed E-state index contributed by atoms with van der Waals surface area (Å²) < 4.78 is 35.5. The van der Waals surface area contributed by atoms with E-state index in [-0.39, 0.29) is 11.2 Å². The van der Waals surface area contributed by atoms with Gasteiger partial charge in [-0.05, 0) is 17.7 Å². The van der Waals surface area contributed by atoms with Crippen LogP contribution < -0.4 is 10.9 Å². The summed E-state index contributed by atoms with van der Waals surface area (Å²) in [5.74, 6) is -6.39. The van der Waals surface area contributed by atoms with Crippen molar-refractivity contribution in [2.45, 2.75) is 18.2 Å². The number of Topliss-reactive ketones (excluding diaryl/α,β-unsaturated/α-hetero) is 1. The van der Waals surface area contributed by atoms with Gasteiger partial charge in [-0.1, -0.05) is 18.2 Å². The van der Waals surface area contributed by atoms with Crippen LogP contribution in [0.5, 0.6) is 0 Å². The van der Waals surface area contributed by atoms with Crippen LogP contribution in [-0.4, -0.2) is 60.8 Å². The molecule has 1 fully saturated rings. The first-order chi connectivity index (χ1) is 15.5. The van der Waals surface area contributed by atoms with Crippen LogP contribution in [0.4, 0.5) is 0 Å². The summed E-state index contributed by atoms with van der Waals surface area (Å²) in [6, 6.07) is 6.14. The molecule has 2 N–H and O–H groups in total. The van der Waals surface area contributed by atoms with Gasteiger partial charge in [-0.15, -0.1) is 0 Å². The van der Waals surface area contributed by atoms with Gasteiger partial charge in [0.2, 0.25) is 0 Å². The van der Waals surface area contributed by atoms with Gasteiger partial charge in [0.1, 0.15) is 29.0 Å². The molecule has 1 aromatic carbocycles. The third-order valence-electron chi connectivity index (χ3n) is 5.60. The number of hydrogen-bond donors (Lipinski definition) is 2. The molecule has 1 aromatic heterocycles. The van der Waals surface area contributed by atoms with E-state index in [2.05, 4.69) is 5.32 Å². The summed E-state index contributed by atoms with van der Waals surface area (Å²) in [4.78, 5) is 60.5. The maximum Gasteiger partial charge on any atom is 0.349 e. The molecule has 0 saturated heterocycles. The van der Waals surface area contributed by atoms with Crippen LogP contribution in [0.15, 0.2) is 50.7 Å². The Hall–Kier alpha value is -3.80. The maximum atomic E-state index is 12.8. The average molecular weight is 475 g/mol. The van der Waals surface area contributed by atoms with Crippen molar-refractivity contribution < 1.29 is 41.9 Å². The van der Waals surface area contributed by atoms with Gasteiger partial charge in [0.25, 0.3) is 5.91 Å². The van der Waals surface area contributed by atoms with Gasteiger partial charge in [-0.25, -0.2) is 18.0 Å². The van der Waals surface area contributed by atoms with E-state index in [0.717, 1.165) is 6.92 Å². The summed E-state index contributed by atoms with van der Waals surface area (Å²) >= 11 is 0. The predicted octanol–water partition coefficient (Wildman–Crippen LogP) is -0.168. The fourth-order valence-corrected chi connectivity index (χ4v) is 6.35. The van der Waals surface area contributed by atoms with Crippen molar-refractivity contribution in [2.24, 2.45) is 5.92 Å². The number of carbonyl (C=O) groups excluding carboxylic acids is 3. The number of benzene rings is 1. The summed E-state index contributed by atoms with van der Waals surface area (Å²) in [6.45, 7) is 0.492. The average Bonchev–Trinajstić information content (AvgIpc) is 2.74. The molecule has 0 radical (unpaired) electrons. The molecule has 4 rings (SSSR count). The van der Waals surface area contributed by atoms with Crippen molar-refractivity contribution in [3.8, 4) is 0 Å². The molecule has 2 heterocycles. The number of fused-ring (bicyclic) bond motifs is 2. The van der Waals surface area contributed by atoms with Crippen LogP contribution in [0.3, 0.4) is 0 Å². The van der Waals surface area contributed by atoms with Gasteiger partial charge in [0.05, 0.1) is 17.2 Å². The van der Waals surface area contributed by atoms with E-state index >= 15 is 0 Å². The number of ether oxygens (including phenoxy) is 1. The molecule has 0 bridgehead atoms. The third-order valence-corrected chi connectivity index (χ3v) is 7.73. The largest absolute Gasteiger partial charge is 0.478 e. The smallest absolute Gasteiger partial charge is 0.349 e. The molecule has 33 heavy (non-hydrogen) atoms. The lowest BCUT2D eigenvalue weighted by atomic mass is 9.71. The fourth-order valence-electron chi connectivity index (χ4n) is 4.13. The van der Waals surface area contributed by atoms with Gasteiger partial charge < -0.3 is 19.6 Å². The summed E-state index contributed by atoms with van der Waals surface area (Å²) in [6.07, 6.45) is 0. The third kappa shape index (κ3) is 3.82. The zero-order chi connectivity index (χ0) is 24.1. The van der Waals surface area contributed by atoms with Crippen molar-refractivity contribution in [3.63, 3.8) is 0 Å². The van der Waals surface area contributed by atoms with Gasteiger partial charge >= 0.3 is 17.6 Å². The molecule has 0 spiro atoms. The van der Waals surface area contributed by atoms with Gasteiger partial charge in [-0.2, -0.15) is 0 Å². The number of carbonyl (C=O) groups is 4. The van der Waals surface area contributed by atoms with Crippen molar-refractivity contribution in [2.75, 3.05) is 12.4 Å². The summed E-state index contributed by atoms with van der Waals surface area (Å²) in [5.41, 5.74) is -1.83. The number of carboxylic acid groups (broad SMARTS) is 1. The second kappa shape index (κ2) is 7.96. The number of sulfone groups is 1. The lowest BCUT2D eigenvalue weighted by Gasteiger charge is -2.45. The Kier molecular flexibility index (Phi) is 5.40. The van der Waals surface area contributed by atoms with Gasteiger partial charge in [-0.3, -0.25) is 14.4 Å². The number of esters is 1. The number of para-hydroxylation sites is 1. The Bertz CT molecular complexity index is 1420. The van der Waals surface area contributed by atoms with Crippen LogP contribution in [0.1, 0.15) is 17.3 Å². The Labute approximate surface area is 185 Å². The second-order valence-corrected chi connectivity index (χ2v) is 9.85. The van der Waals surface area contributed by atoms with Crippen molar-refractivity contribution in [3.05, 3.63) is 57.5 Å². The lowest BCUT2D eigenvalue weighted by molar-refractivity contribution is -0.141. The number of nitrogens with one attached hydrogen (secondary N) is 1. The normalized spacial score (nSPS) is 23.4. The lowest BCUT2D eigenvalue weighted by Crippen LogP contribution is -2.70. The van der Waals surface area contributed by atoms with Crippen LogP contribution >= 0.6 is 0 Å². The molecule has 2 aromatic rings. The minimum atomic E-state index is -4.09. The molecule has 2 aliphatic rings. The molecule has 12 heteroatoms. The zero-order valence-corrected chi connectivity index (χ0v) is 17.9. The number of aliphatic carboxylic acids is 1. The number of rotatable bonds is 5. The number of carboxylic acids is 1. The second-order valence-electron chi connectivity index (χ2n) is 7.69. The Morgan fingerprint density at radius 2 is 1.91 bits per heavy atom. The molecule has 1 saturated carbocycles. The van der Waals surface area contributed by atoms with Crippen LogP contribution in [0, 0.1) is 5.92 Å². The molecule has 3 atom stereocenters. The SMILES string of the molecule is CC(=O)OCC1=C(C(=O)O)C2C(=O)[C@@H](NC(=O)c3cc4ccccc4oc3=O)[C@H]2S(=O)(=O)C1. The Morgan fingerprint density at radius 1 is 1.21 bits per heavy atom. The van der Waals surface area contributed by atoms with E-state index in [0.29, 0.717) is 5.39 Å². The predicted molar refractivity (Wildman–Crippen MR) is 111 cm³/mol. The van der Waals surface area contributed by atoms with E-state index in [9.17, 15) is 37.5 Å². The topological polar surface area (TPSA) is 174 Å². The Morgan fingerprint density at radius 3 is 2.58 bits per heavy atom. The maximum absolute atomic E-state index is 12.8. The van der Waals surface area contributed by atoms with Crippen LogP contribution in [0.25, 0.3) is 11.0 Å². The molecule has 11 nitrogen and oxygen atoms in total. The fraction of sp³-hybridized carbons (Fsp3) is 0.286. The van der Waals surface area contributed by atoms with Crippen LogP contribution in [-0.2, 0) is 29.0 Å². The standard InChI is InChI=1S/C21H17NO10S/c1-9(23)31-7-11-8-33(29,30)18-15(14(11)20(26)27)17(24)16(18)22-19(25)12-6-10-4-2-3-5-13(10)32-21(12)28/h2-6,15-16,18H,7-8H2,1H3,(H,22,25)(H,26,27)/t15?,16-,18+/m1/s1. The minimum absolute atomic E-state index is 0.202. The first-order valence-electron chi connectivity index (χ1n) is 9.69. The zero-order valence-electron chi connectivity index (χ0n) is 17.1. The Balaban J connectivity index is 1.65. The summed E-state index contributed by atoms with van der Waals surface area (Å²) in [7, 11) is -4.09. The first kappa shape index (κ1) is 22.4. The van der Waals surface area contributed by atoms with E-state index in [1.165, 1.54) is 12.1 Å². The van der Waals surface area contributed by atoms with Crippen molar-refractivity contribution in [1.82, 2.24) is 5.32 Å². The quantitative estimate of drug-likeness (QED) is 0.436. The highest BCUT2D eigenvalue weighted by molar-refractivity contribution is 7.92. The molecule has 172 valence electrons. The van der Waals surface area contributed by atoms with Crippen molar-refractivity contribution >= 4 is 44.4 Å². The number of hydrogen-bond acceptors (Lipinski definition) is 9. The first-order valence-corrected chi connectivity index (χ1v) is 11.4. The van der Waals surface area contributed by atoms with E-state index in [1.54, 1.807) is 18.2 Å². The van der Waals surface area contributed by atoms with E-state index < -0.39 is 79.8 Å². The van der Waals surface area contributed by atoms with Crippen LogP contribution in [0.2, 0.25) is 0 Å². The highest BCUT2D eigenvalue weighted by Gasteiger charge is 2.62. The number of ketones is 1. The molecular formula is C21H17NO10S. The molecule has 1 amide bonds. The monoisotopic (exact) mass is 475 g/mol. The minimum Gasteiger partial charge on any atom is -0.478 e. The highest BCUT2D eigenvalue weighted by atomic mass is 32.2. The molecule has 1 aliphatic heterocycles. The van der Waals surface area contributed by atoms with Crippen molar-refractivity contribution in [1.29, 1.82) is 0 Å². The van der Waals surface area contributed by atoms with Gasteiger partial charge in [0.15, 0.2) is 15.6 Å². The van der Waals surface area contributed by atoms with E-state index in [1.807, 2.05) is 0 Å². The number of amides is 1.